The Morgan fingerprint density at radius 2 is 1.72 bits per heavy atom. The Hall–Kier alpha value is -2.29. The van der Waals surface area contributed by atoms with Crippen molar-refractivity contribution in [3.05, 3.63) is 59.2 Å². The van der Waals surface area contributed by atoms with Crippen LogP contribution in [0.1, 0.15) is 69.5 Å². The largest absolute Gasteiger partial charge is 0.481 e. The van der Waals surface area contributed by atoms with Crippen molar-refractivity contribution in [3.63, 3.8) is 0 Å². The van der Waals surface area contributed by atoms with Gasteiger partial charge in [-0.3, -0.25) is 9.69 Å². The van der Waals surface area contributed by atoms with Crippen LogP contribution in [0.15, 0.2) is 48.1 Å². The number of benzene rings is 1. The summed E-state index contributed by atoms with van der Waals surface area (Å²) in [7, 11) is 0. The molecule has 0 amide bonds. The van der Waals surface area contributed by atoms with Gasteiger partial charge >= 0.3 is 18.3 Å². The zero-order valence-electron chi connectivity index (χ0n) is 20.4. The maximum atomic E-state index is 13.2. The van der Waals surface area contributed by atoms with E-state index in [1.807, 2.05) is 0 Å². The lowest BCUT2D eigenvalue weighted by Crippen LogP contribution is -2.51. The Bertz CT molecular complexity index is 948. The Morgan fingerprint density at radius 1 is 1.06 bits per heavy atom. The van der Waals surface area contributed by atoms with Crippen LogP contribution in [0.2, 0.25) is 0 Å². The molecule has 1 aliphatic carbocycles. The number of piperidine rings is 1. The lowest BCUT2D eigenvalue weighted by molar-refractivity contribution is -0.140. The lowest BCUT2D eigenvalue weighted by Gasteiger charge is -2.49. The smallest absolute Gasteiger partial charge is 0.416 e. The normalized spacial score (nSPS) is 24.6. The van der Waals surface area contributed by atoms with Crippen molar-refractivity contribution in [1.29, 1.82) is 0 Å². The highest BCUT2D eigenvalue weighted by atomic mass is 19.4. The molecular formula is C27H33F6NO2. The van der Waals surface area contributed by atoms with Crippen LogP contribution >= 0.6 is 0 Å². The van der Waals surface area contributed by atoms with Crippen molar-refractivity contribution in [2.45, 2.75) is 76.8 Å². The maximum absolute atomic E-state index is 13.2. The van der Waals surface area contributed by atoms with Crippen LogP contribution in [0.5, 0.6) is 0 Å². The average Bonchev–Trinajstić information content (AvgIpc) is 2.78. The predicted octanol–water partition coefficient (Wildman–Crippen LogP) is 7.80. The number of aliphatic carboxylic acids is 1. The third kappa shape index (κ3) is 7.14. The summed E-state index contributed by atoms with van der Waals surface area (Å²) in [6.45, 7) is 4.71. The van der Waals surface area contributed by atoms with Crippen molar-refractivity contribution in [2.24, 2.45) is 17.8 Å². The number of likely N-dealkylation sites (tertiary alicyclic amines) is 1. The molecule has 0 saturated carbocycles. The number of rotatable bonds is 8. The number of halogens is 6. The van der Waals surface area contributed by atoms with Crippen LogP contribution in [-0.4, -0.2) is 34.7 Å². The summed E-state index contributed by atoms with van der Waals surface area (Å²) in [5, 5.41) is 9.55. The number of nitrogens with zero attached hydrogens (tertiary/aromatic N) is 1. The van der Waals surface area contributed by atoms with E-state index in [-0.39, 0.29) is 36.8 Å². The highest BCUT2D eigenvalue weighted by Crippen LogP contribution is 2.43. The molecular weight excluding hydrogens is 484 g/mol. The van der Waals surface area contributed by atoms with E-state index in [0.717, 1.165) is 30.7 Å². The Balaban J connectivity index is 1.98. The van der Waals surface area contributed by atoms with E-state index in [0.29, 0.717) is 37.3 Å². The summed E-state index contributed by atoms with van der Waals surface area (Å²) in [6.07, 6.45) is -2.31. The second-order valence-corrected chi connectivity index (χ2v) is 10.3. The van der Waals surface area contributed by atoms with Gasteiger partial charge in [-0.25, -0.2) is 0 Å². The van der Waals surface area contributed by atoms with E-state index in [9.17, 15) is 36.2 Å². The summed E-state index contributed by atoms with van der Waals surface area (Å²) in [5.41, 5.74) is -0.751. The monoisotopic (exact) mass is 517 g/mol. The van der Waals surface area contributed by atoms with Gasteiger partial charge in [-0.1, -0.05) is 44.2 Å². The molecule has 0 radical (unpaired) electrons. The van der Waals surface area contributed by atoms with Gasteiger partial charge in [0.2, 0.25) is 0 Å². The summed E-state index contributed by atoms with van der Waals surface area (Å²) in [5.74, 6) is -1.22. The average molecular weight is 518 g/mol. The van der Waals surface area contributed by atoms with Gasteiger partial charge in [0.15, 0.2) is 0 Å². The molecule has 9 heteroatoms. The van der Waals surface area contributed by atoms with E-state index >= 15 is 0 Å². The van der Waals surface area contributed by atoms with E-state index in [1.54, 1.807) is 0 Å². The number of carboxylic acids is 1. The number of alkyl halides is 6. The lowest BCUT2D eigenvalue weighted by atomic mass is 9.75. The van der Waals surface area contributed by atoms with Crippen molar-refractivity contribution in [2.75, 3.05) is 6.54 Å². The summed E-state index contributed by atoms with van der Waals surface area (Å²) in [4.78, 5) is 13.8. The first-order valence-electron chi connectivity index (χ1n) is 12.4. The van der Waals surface area contributed by atoms with Gasteiger partial charge in [0.25, 0.3) is 0 Å². The maximum Gasteiger partial charge on any atom is 0.416 e. The first-order valence-corrected chi connectivity index (χ1v) is 12.4. The molecule has 0 bridgehead atoms. The van der Waals surface area contributed by atoms with Crippen LogP contribution in [-0.2, 0) is 11.0 Å². The first-order chi connectivity index (χ1) is 16.8. The quantitative estimate of drug-likeness (QED) is 0.358. The molecule has 4 atom stereocenters. The minimum Gasteiger partial charge on any atom is -0.481 e. The SMILES string of the molecule is CC(C)CCC(c1ccc(C(F)(F)F)cc1)N1CCC[C@@H](CC(=O)O)[C@@H]1C1C=CC(C(F)(F)F)=CC1. The first kappa shape index (κ1) is 28.3. The van der Waals surface area contributed by atoms with Crippen LogP contribution in [0.3, 0.4) is 0 Å². The molecule has 1 heterocycles. The van der Waals surface area contributed by atoms with E-state index in [4.69, 9.17) is 0 Å². The molecule has 0 spiro atoms. The zero-order chi connectivity index (χ0) is 26.7. The molecule has 1 saturated heterocycles. The van der Waals surface area contributed by atoms with Crippen molar-refractivity contribution < 1.29 is 36.2 Å². The fraction of sp³-hybridized carbons (Fsp3) is 0.593. The zero-order valence-corrected chi connectivity index (χ0v) is 20.4. The predicted molar refractivity (Wildman–Crippen MR) is 125 cm³/mol. The van der Waals surface area contributed by atoms with Gasteiger partial charge in [-0.15, -0.1) is 0 Å². The molecule has 1 N–H and O–H groups in total. The molecule has 3 rings (SSSR count). The fourth-order valence-corrected chi connectivity index (χ4v) is 5.54. The van der Waals surface area contributed by atoms with Gasteiger partial charge in [0, 0.05) is 18.5 Å². The number of carbonyl (C=O) groups is 1. The van der Waals surface area contributed by atoms with Crippen LogP contribution in [0.25, 0.3) is 0 Å². The molecule has 1 aliphatic heterocycles. The minimum atomic E-state index is -4.46. The summed E-state index contributed by atoms with van der Waals surface area (Å²) in [6, 6.07) is 4.47. The molecule has 2 unspecified atom stereocenters. The van der Waals surface area contributed by atoms with Gasteiger partial charge in [-0.2, -0.15) is 26.3 Å². The highest BCUT2D eigenvalue weighted by molar-refractivity contribution is 5.67. The molecule has 3 nitrogen and oxygen atoms in total. The number of hydrogen-bond acceptors (Lipinski definition) is 2. The second-order valence-electron chi connectivity index (χ2n) is 10.3. The third-order valence-electron chi connectivity index (χ3n) is 7.23. The molecule has 200 valence electrons. The van der Waals surface area contributed by atoms with Gasteiger partial charge in [-0.05, 0) is 74.1 Å². The van der Waals surface area contributed by atoms with Crippen LogP contribution in [0, 0.1) is 17.8 Å². The van der Waals surface area contributed by atoms with Gasteiger partial charge < -0.3 is 5.11 Å². The third-order valence-corrected chi connectivity index (χ3v) is 7.23. The van der Waals surface area contributed by atoms with Gasteiger partial charge in [0.05, 0.1) is 11.1 Å². The molecule has 1 fully saturated rings. The van der Waals surface area contributed by atoms with E-state index < -0.39 is 29.5 Å². The van der Waals surface area contributed by atoms with Crippen molar-refractivity contribution >= 4 is 5.97 Å². The molecule has 0 aromatic heterocycles. The van der Waals surface area contributed by atoms with Crippen molar-refractivity contribution in [1.82, 2.24) is 4.90 Å². The minimum absolute atomic E-state index is 0.106. The molecule has 2 aliphatic rings. The van der Waals surface area contributed by atoms with Crippen LogP contribution < -0.4 is 0 Å². The molecule has 1 aromatic rings. The highest BCUT2D eigenvalue weighted by Gasteiger charge is 2.42. The second kappa shape index (κ2) is 11.4. The summed E-state index contributed by atoms with van der Waals surface area (Å²) < 4.78 is 79.1. The van der Waals surface area contributed by atoms with Crippen molar-refractivity contribution in [3.8, 4) is 0 Å². The van der Waals surface area contributed by atoms with E-state index in [1.165, 1.54) is 18.2 Å². The number of hydrogen-bond donors (Lipinski definition) is 1. The molecule has 36 heavy (non-hydrogen) atoms. The Morgan fingerprint density at radius 3 is 2.22 bits per heavy atom. The number of allylic oxidation sites excluding steroid dienone is 3. The van der Waals surface area contributed by atoms with Gasteiger partial charge in [0.1, 0.15) is 0 Å². The Labute approximate surface area is 207 Å². The fourth-order valence-electron chi connectivity index (χ4n) is 5.54. The van der Waals surface area contributed by atoms with Crippen LogP contribution in [0.4, 0.5) is 26.3 Å². The number of carboxylic acid groups (broad SMARTS) is 1. The molecule has 1 aromatic carbocycles. The Kier molecular flexibility index (Phi) is 8.96. The standard InChI is InChI=1S/C27H33F6NO2/c1-17(2)5-14-23(18-6-10-21(11-7-18)26(28,29)30)34-15-3-4-20(16-24(35)36)25(34)19-8-12-22(13-9-19)27(31,32)33/h6-8,10-13,17,19-20,23,25H,3-5,9,14-16H2,1-2H3,(H,35,36)/t19?,20-,23?,25-/m0/s1. The van der Waals surface area contributed by atoms with E-state index in [2.05, 4.69) is 18.7 Å². The summed E-state index contributed by atoms with van der Waals surface area (Å²) >= 11 is 0. The topological polar surface area (TPSA) is 40.5 Å².